The Morgan fingerprint density at radius 2 is 2.08 bits per heavy atom. The highest BCUT2D eigenvalue weighted by molar-refractivity contribution is 7.13. The van der Waals surface area contributed by atoms with Gasteiger partial charge in [0, 0.05) is 24.2 Å². The van der Waals surface area contributed by atoms with Crippen LogP contribution in [-0.2, 0) is 6.42 Å². The standard InChI is InChI=1S/C18H18N4O2S/c1-12-10-16(25-11-12)17-15-4-2-3-9-19-18(15)21(20-17)13-5-7-14(8-6-13)22(23)24/h5-8,10-11,19H,2-4,9H2,1H3. The predicted molar refractivity (Wildman–Crippen MR) is 99.7 cm³/mol. The van der Waals surface area contributed by atoms with Crippen LogP contribution in [0.2, 0.25) is 0 Å². The van der Waals surface area contributed by atoms with Gasteiger partial charge in [-0.25, -0.2) is 4.68 Å². The average molecular weight is 354 g/mol. The lowest BCUT2D eigenvalue weighted by Gasteiger charge is -2.09. The van der Waals surface area contributed by atoms with Crippen LogP contribution < -0.4 is 5.32 Å². The molecule has 2 aromatic heterocycles. The lowest BCUT2D eigenvalue weighted by molar-refractivity contribution is -0.384. The Balaban J connectivity index is 1.84. The van der Waals surface area contributed by atoms with Crippen LogP contribution in [-0.4, -0.2) is 21.2 Å². The van der Waals surface area contributed by atoms with E-state index in [-0.39, 0.29) is 10.6 Å². The number of nitrogens with one attached hydrogen (secondary N) is 1. The van der Waals surface area contributed by atoms with Crippen molar-refractivity contribution in [3.8, 4) is 16.3 Å². The molecule has 3 heterocycles. The molecule has 0 saturated carbocycles. The number of rotatable bonds is 3. The van der Waals surface area contributed by atoms with Crippen molar-refractivity contribution < 1.29 is 4.92 Å². The number of fused-ring (bicyclic) bond motifs is 1. The van der Waals surface area contributed by atoms with Gasteiger partial charge in [0.15, 0.2) is 0 Å². The molecule has 4 rings (SSSR count). The summed E-state index contributed by atoms with van der Waals surface area (Å²) in [7, 11) is 0. The highest BCUT2D eigenvalue weighted by Crippen LogP contribution is 2.36. The van der Waals surface area contributed by atoms with Gasteiger partial charge in [0.2, 0.25) is 0 Å². The van der Waals surface area contributed by atoms with Gasteiger partial charge in [-0.2, -0.15) is 5.10 Å². The van der Waals surface area contributed by atoms with E-state index in [0.29, 0.717) is 0 Å². The molecule has 3 aromatic rings. The van der Waals surface area contributed by atoms with Gasteiger partial charge in [-0.05, 0) is 55.3 Å². The zero-order chi connectivity index (χ0) is 17.4. The molecule has 1 N–H and O–H groups in total. The van der Waals surface area contributed by atoms with E-state index in [2.05, 4.69) is 23.7 Å². The SMILES string of the molecule is Cc1csc(-c2nn(-c3ccc([N+](=O)[O-])cc3)c3c2CCCCN3)c1. The van der Waals surface area contributed by atoms with Gasteiger partial charge >= 0.3 is 0 Å². The van der Waals surface area contributed by atoms with E-state index in [4.69, 9.17) is 5.10 Å². The fourth-order valence-electron chi connectivity index (χ4n) is 3.16. The molecule has 0 atom stereocenters. The fraction of sp³-hybridized carbons (Fsp3) is 0.278. The number of thiophene rings is 1. The number of non-ortho nitro benzene ring substituents is 1. The lowest BCUT2D eigenvalue weighted by atomic mass is 10.1. The van der Waals surface area contributed by atoms with Gasteiger partial charge in [0.25, 0.3) is 5.69 Å². The van der Waals surface area contributed by atoms with Crippen LogP contribution in [0, 0.1) is 17.0 Å². The van der Waals surface area contributed by atoms with Gasteiger partial charge < -0.3 is 5.32 Å². The van der Waals surface area contributed by atoms with Crippen molar-refractivity contribution in [2.24, 2.45) is 0 Å². The van der Waals surface area contributed by atoms with Gasteiger partial charge in [-0.3, -0.25) is 10.1 Å². The summed E-state index contributed by atoms with van der Waals surface area (Å²) in [6, 6.07) is 8.71. The molecule has 0 aliphatic carbocycles. The second-order valence-corrected chi connectivity index (χ2v) is 7.14. The second-order valence-electron chi connectivity index (χ2n) is 6.23. The van der Waals surface area contributed by atoms with Crippen molar-refractivity contribution in [2.45, 2.75) is 26.2 Å². The number of hydrogen-bond acceptors (Lipinski definition) is 5. The maximum absolute atomic E-state index is 10.9. The third-order valence-corrected chi connectivity index (χ3v) is 5.45. The Bertz CT molecular complexity index is 927. The first kappa shape index (κ1) is 15.8. The summed E-state index contributed by atoms with van der Waals surface area (Å²) in [5, 5.41) is 21.4. The van der Waals surface area contributed by atoms with Crippen molar-refractivity contribution in [1.82, 2.24) is 9.78 Å². The highest BCUT2D eigenvalue weighted by atomic mass is 32.1. The third-order valence-electron chi connectivity index (χ3n) is 4.40. The first-order chi connectivity index (χ1) is 12.1. The molecule has 7 heteroatoms. The maximum atomic E-state index is 10.9. The number of hydrogen-bond donors (Lipinski definition) is 1. The summed E-state index contributed by atoms with van der Waals surface area (Å²) in [5.74, 6) is 1.01. The molecule has 0 unspecified atom stereocenters. The van der Waals surface area contributed by atoms with E-state index in [0.717, 1.165) is 47.9 Å². The van der Waals surface area contributed by atoms with E-state index >= 15 is 0 Å². The van der Waals surface area contributed by atoms with Crippen molar-refractivity contribution in [1.29, 1.82) is 0 Å². The van der Waals surface area contributed by atoms with E-state index in [1.54, 1.807) is 23.5 Å². The molecule has 6 nitrogen and oxygen atoms in total. The Morgan fingerprint density at radius 3 is 2.76 bits per heavy atom. The van der Waals surface area contributed by atoms with Crippen molar-refractivity contribution in [3.05, 3.63) is 57.0 Å². The third kappa shape index (κ3) is 2.91. The Kier molecular flexibility index (Phi) is 4.01. The Labute approximate surface area is 149 Å². The van der Waals surface area contributed by atoms with Crippen LogP contribution >= 0.6 is 11.3 Å². The number of nitro groups is 1. The van der Waals surface area contributed by atoms with E-state index in [1.807, 2.05) is 4.68 Å². The molecule has 25 heavy (non-hydrogen) atoms. The molecule has 0 amide bonds. The molecule has 1 aliphatic heterocycles. The maximum Gasteiger partial charge on any atom is 0.269 e. The average Bonchev–Trinajstić information content (AvgIpc) is 3.10. The van der Waals surface area contributed by atoms with E-state index < -0.39 is 0 Å². The van der Waals surface area contributed by atoms with Gasteiger partial charge in [0.1, 0.15) is 11.5 Å². The number of anilines is 1. The Hall–Kier alpha value is -2.67. The van der Waals surface area contributed by atoms with Crippen LogP contribution in [0.1, 0.15) is 24.0 Å². The van der Waals surface area contributed by atoms with E-state index in [1.165, 1.54) is 23.3 Å². The molecule has 0 saturated heterocycles. The molecule has 1 aromatic carbocycles. The summed E-state index contributed by atoms with van der Waals surface area (Å²) in [6.07, 6.45) is 3.24. The number of nitro benzene ring substituents is 1. The van der Waals surface area contributed by atoms with Crippen molar-refractivity contribution >= 4 is 22.8 Å². The van der Waals surface area contributed by atoms with Crippen LogP contribution in [0.5, 0.6) is 0 Å². The number of benzene rings is 1. The highest BCUT2D eigenvalue weighted by Gasteiger charge is 2.22. The molecule has 1 aliphatic rings. The summed E-state index contributed by atoms with van der Waals surface area (Å²) >= 11 is 1.70. The number of nitrogens with zero attached hydrogens (tertiary/aromatic N) is 3. The quantitative estimate of drug-likeness (QED) is 0.552. The smallest absolute Gasteiger partial charge is 0.269 e. The minimum absolute atomic E-state index is 0.0871. The van der Waals surface area contributed by atoms with Gasteiger partial charge in [-0.1, -0.05) is 0 Å². The molecule has 128 valence electrons. The summed E-state index contributed by atoms with van der Waals surface area (Å²) in [5.41, 5.74) is 4.40. The number of aryl methyl sites for hydroxylation is 1. The van der Waals surface area contributed by atoms with Crippen molar-refractivity contribution in [2.75, 3.05) is 11.9 Å². The van der Waals surface area contributed by atoms with Gasteiger partial charge in [0.05, 0.1) is 15.5 Å². The lowest BCUT2D eigenvalue weighted by Crippen LogP contribution is -2.07. The Morgan fingerprint density at radius 1 is 1.28 bits per heavy atom. The van der Waals surface area contributed by atoms with Crippen molar-refractivity contribution in [3.63, 3.8) is 0 Å². The van der Waals surface area contributed by atoms with Gasteiger partial charge in [-0.15, -0.1) is 11.3 Å². The minimum atomic E-state index is -0.383. The van der Waals surface area contributed by atoms with Crippen LogP contribution in [0.15, 0.2) is 35.7 Å². The van der Waals surface area contributed by atoms with Crippen LogP contribution in [0.25, 0.3) is 16.3 Å². The monoisotopic (exact) mass is 354 g/mol. The first-order valence-electron chi connectivity index (χ1n) is 8.29. The largest absolute Gasteiger partial charge is 0.370 e. The van der Waals surface area contributed by atoms with E-state index in [9.17, 15) is 10.1 Å². The number of aromatic nitrogens is 2. The molecule has 0 fully saturated rings. The zero-order valence-corrected chi connectivity index (χ0v) is 14.7. The zero-order valence-electron chi connectivity index (χ0n) is 13.9. The summed E-state index contributed by atoms with van der Waals surface area (Å²) < 4.78 is 1.88. The normalized spacial score (nSPS) is 13.8. The summed E-state index contributed by atoms with van der Waals surface area (Å²) in [4.78, 5) is 11.7. The second kappa shape index (κ2) is 6.33. The minimum Gasteiger partial charge on any atom is -0.370 e. The molecule has 0 bridgehead atoms. The molecular weight excluding hydrogens is 336 g/mol. The fourth-order valence-corrected chi connectivity index (χ4v) is 4.07. The molecular formula is C18H18N4O2S. The topological polar surface area (TPSA) is 73.0 Å². The molecule has 0 spiro atoms. The molecule has 0 radical (unpaired) electrons. The van der Waals surface area contributed by atoms with Crippen LogP contribution in [0.3, 0.4) is 0 Å². The van der Waals surface area contributed by atoms with Crippen LogP contribution in [0.4, 0.5) is 11.5 Å². The predicted octanol–water partition coefficient (Wildman–Crippen LogP) is 4.57. The first-order valence-corrected chi connectivity index (χ1v) is 9.17. The summed E-state index contributed by atoms with van der Waals surface area (Å²) in [6.45, 7) is 3.00.